The molecule has 0 amide bonds. The topological polar surface area (TPSA) is 12.0 Å². The predicted molar refractivity (Wildman–Crippen MR) is 101 cm³/mol. The number of fused-ring (bicyclic) bond motifs is 2. The van der Waals surface area contributed by atoms with Crippen LogP contribution in [0.1, 0.15) is 24.0 Å². The summed E-state index contributed by atoms with van der Waals surface area (Å²) in [7, 11) is 0. The zero-order valence-corrected chi connectivity index (χ0v) is 13.8. The van der Waals surface area contributed by atoms with Crippen molar-refractivity contribution in [1.29, 1.82) is 0 Å². The summed E-state index contributed by atoms with van der Waals surface area (Å²) in [5.74, 6) is 0.299. The van der Waals surface area contributed by atoms with Crippen molar-refractivity contribution in [3.63, 3.8) is 0 Å². The van der Waals surface area contributed by atoms with Gasteiger partial charge in [0.15, 0.2) is 11.4 Å². The molecular formula is C22H15N3. The highest BCUT2D eigenvalue weighted by Gasteiger charge is 2.28. The molecule has 0 spiro atoms. The normalized spacial score (nSPS) is 12.7. The van der Waals surface area contributed by atoms with Crippen molar-refractivity contribution in [2.24, 2.45) is 0 Å². The van der Waals surface area contributed by atoms with Gasteiger partial charge in [0.25, 0.3) is 0 Å². The van der Waals surface area contributed by atoms with Gasteiger partial charge in [0.1, 0.15) is 0 Å². The monoisotopic (exact) mass is 321 g/mol. The Balaban J connectivity index is 2.02. The Morgan fingerprint density at radius 2 is 1.24 bits per heavy atom. The Bertz CT molecular complexity index is 974. The average Bonchev–Trinajstić information content (AvgIpc) is 2.68. The molecule has 0 aromatic heterocycles. The van der Waals surface area contributed by atoms with Crippen LogP contribution in [0.3, 0.4) is 0 Å². The van der Waals surface area contributed by atoms with Crippen LogP contribution < -0.4 is 4.90 Å². The molecule has 0 atom stereocenters. The minimum atomic E-state index is 0.299. The van der Waals surface area contributed by atoms with Crippen LogP contribution in [-0.2, 0) is 0 Å². The van der Waals surface area contributed by atoms with E-state index in [1.165, 1.54) is 11.1 Å². The average molecular weight is 321 g/mol. The van der Waals surface area contributed by atoms with Crippen molar-refractivity contribution in [2.75, 3.05) is 4.90 Å². The van der Waals surface area contributed by atoms with Gasteiger partial charge < -0.3 is 4.90 Å². The first kappa shape index (κ1) is 15.0. The molecule has 1 heterocycles. The summed E-state index contributed by atoms with van der Waals surface area (Å²) in [5.41, 5.74) is 6.52. The molecule has 1 aliphatic rings. The van der Waals surface area contributed by atoms with Crippen molar-refractivity contribution in [3.8, 4) is 0 Å². The molecule has 0 N–H and O–H groups in total. The minimum absolute atomic E-state index is 0.299. The lowest BCUT2D eigenvalue weighted by Gasteiger charge is -2.37. The largest absolute Gasteiger partial charge is 0.312 e. The molecule has 0 bridgehead atoms. The lowest BCUT2D eigenvalue weighted by molar-refractivity contribution is 0.892. The van der Waals surface area contributed by atoms with E-state index in [0.717, 1.165) is 17.1 Å². The van der Waals surface area contributed by atoms with Crippen LogP contribution in [0, 0.1) is 13.1 Å². The molecule has 25 heavy (non-hydrogen) atoms. The Hall–Kier alpha value is -3.56. The predicted octanol–water partition coefficient (Wildman–Crippen LogP) is 6.72. The third-order valence-electron chi connectivity index (χ3n) is 4.69. The SMILES string of the molecule is [C-]#[N+]c1cc([N+]#[C-])cc(N2c3ccccc3C(C)c3ccccc32)c1. The zero-order chi connectivity index (χ0) is 17.4. The van der Waals surface area contributed by atoms with Gasteiger partial charge in [-0.05, 0) is 35.4 Å². The first-order valence-electron chi connectivity index (χ1n) is 8.11. The number of hydrogen-bond donors (Lipinski definition) is 0. The van der Waals surface area contributed by atoms with Crippen LogP contribution in [0.4, 0.5) is 28.4 Å². The summed E-state index contributed by atoms with van der Waals surface area (Å²) in [6.45, 7) is 16.9. The molecular weight excluding hydrogens is 306 g/mol. The molecule has 3 heteroatoms. The van der Waals surface area contributed by atoms with Crippen molar-refractivity contribution in [3.05, 3.63) is 101 Å². The number of anilines is 3. The molecule has 0 saturated carbocycles. The zero-order valence-electron chi connectivity index (χ0n) is 13.8. The Morgan fingerprint density at radius 1 is 0.760 bits per heavy atom. The number of para-hydroxylation sites is 2. The maximum Gasteiger partial charge on any atom is 0.179 e. The molecule has 0 aliphatic carbocycles. The van der Waals surface area contributed by atoms with Gasteiger partial charge in [-0.1, -0.05) is 49.4 Å². The molecule has 0 radical (unpaired) electrons. The van der Waals surface area contributed by atoms with Crippen LogP contribution in [-0.4, -0.2) is 0 Å². The number of benzene rings is 3. The second kappa shape index (κ2) is 5.82. The maximum absolute atomic E-state index is 7.35. The van der Waals surface area contributed by atoms with E-state index in [9.17, 15) is 0 Å². The van der Waals surface area contributed by atoms with Crippen LogP contribution in [0.5, 0.6) is 0 Å². The summed E-state index contributed by atoms with van der Waals surface area (Å²) in [6, 6.07) is 22.0. The summed E-state index contributed by atoms with van der Waals surface area (Å²) >= 11 is 0. The summed E-state index contributed by atoms with van der Waals surface area (Å²) < 4.78 is 0. The summed E-state index contributed by atoms with van der Waals surface area (Å²) in [6.07, 6.45) is 0. The van der Waals surface area contributed by atoms with Crippen molar-refractivity contribution in [2.45, 2.75) is 12.8 Å². The molecule has 0 fully saturated rings. The molecule has 3 aromatic carbocycles. The molecule has 3 aromatic rings. The van der Waals surface area contributed by atoms with E-state index < -0.39 is 0 Å². The number of nitrogens with zero attached hydrogens (tertiary/aromatic N) is 3. The first-order valence-corrected chi connectivity index (χ1v) is 8.11. The lowest BCUT2D eigenvalue weighted by atomic mass is 9.86. The summed E-state index contributed by atoms with van der Waals surface area (Å²) in [5, 5.41) is 0. The second-order valence-corrected chi connectivity index (χ2v) is 6.11. The quantitative estimate of drug-likeness (QED) is 0.453. The molecule has 1 aliphatic heterocycles. The maximum atomic E-state index is 7.35. The lowest BCUT2D eigenvalue weighted by Crippen LogP contribution is -2.20. The van der Waals surface area contributed by atoms with Gasteiger partial charge in [-0.2, -0.15) is 0 Å². The first-order chi connectivity index (χ1) is 12.2. The van der Waals surface area contributed by atoms with Gasteiger partial charge in [-0.15, -0.1) is 0 Å². The fraction of sp³-hybridized carbons (Fsp3) is 0.0909. The van der Waals surface area contributed by atoms with Gasteiger partial charge in [0, 0.05) is 23.0 Å². The van der Waals surface area contributed by atoms with Crippen LogP contribution in [0.15, 0.2) is 66.7 Å². The van der Waals surface area contributed by atoms with Crippen molar-refractivity contribution < 1.29 is 0 Å². The van der Waals surface area contributed by atoms with Gasteiger partial charge in [-0.25, -0.2) is 9.69 Å². The molecule has 0 saturated heterocycles. The van der Waals surface area contributed by atoms with E-state index in [0.29, 0.717) is 17.3 Å². The molecule has 118 valence electrons. The minimum Gasteiger partial charge on any atom is -0.312 e. The van der Waals surface area contributed by atoms with Gasteiger partial charge in [-0.3, -0.25) is 0 Å². The highest BCUT2D eigenvalue weighted by Crippen LogP contribution is 2.49. The Morgan fingerprint density at radius 3 is 1.72 bits per heavy atom. The number of hydrogen-bond acceptors (Lipinski definition) is 1. The summed E-state index contributed by atoms with van der Waals surface area (Å²) in [4.78, 5) is 9.24. The Labute approximate surface area is 147 Å². The highest BCUT2D eigenvalue weighted by molar-refractivity contribution is 5.87. The third kappa shape index (κ3) is 2.35. The fourth-order valence-corrected chi connectivity index (χ4v) is 3.53. The smallest absolute Gasteiger partial charge is 0.179 e. The van der Waals surface area contributed by atoms with Crippen molar-refractivity contribution in [1.82, 2.24) is 0 Å². The number of rotatable bonds is 1. The molecule has 0 unspecified atom stereocenters. The van der Waals surface area contributed by atoms with E-state index in [-0.39, 0.29) is 0 Å². The molecule has 3 nitrogen and oxygen atoms in total. The van der Waals surface area contributed by atoms with E-state index in [1.54, 1.807) is 6.07 Å². The second-order valence-electron chi connectivity index (χ2n) is 6.11. The van der Waals surface area contributed by atoms with Crippen LogP contribution in [0.2, 0.25) is 0 Å². The van der Waals surface area contributed by atoms with Crippen molar-refractivity contribution >= 4 is 28.4 Å². The van der Waals surface area contributed by atoms with E-state index >= 15 is 0 Å². The van der Waals surface area contributed by atoms with Gasteiger partial charge in [0.05, 0.1) is 13.1 Å². The fourth-order valence-electron chi connectivity index (χ4n) is 3.53. The Kier molecular flexibility index (Phi) is 3.49. The van der Waals surface area contributed by atoms with Crippen LogP contribution >= 0.6 is 0 Å². The van der Waals surface area contributed by atoms with E-state index in [1.807, 2.05) is 24.3 Å². The van der Waals surface area contributed by atoms with E-state index in [4.69, 9.17) is 13.1 Å². The third-order valence-corrected chi connectivity index (χ3v) is 4.69. The van der Waals surface area contributed by atoms with E-state index in [2.05, 4.69) is 57.9 Å². The van der Waals surface area contributed by atoms with Crippen LogP contribution in [0.25, 0.3) is 9.69 Å². The van der Waals surface area contributed by atoms with Gasteiger partial charge in [0.2, 0.25) is 0 Å². The standard InChI is InChI=1S/C22H15N3/c1-15-19-8-4-6-10-21(19)25(22-11-7-5-9-20(15)22)18-13-16(23-2)12-17(14-18)24-3/h4-15H,1H3. The molecule has 4 rings (SSSR count). The highest BCUT2D eigenvalue weighted by atomic mass is 15.2. The van der Waals surface area contributed by atoms with Gasteiger partial charge >= 0.3 is 0 Å².